The fourth-order valence-corrected chi connectivity index (χ4v) is 10.2. The summed E-state index contributed by atoms with van der Waals surface area (Å²) < 4.78 is 0. The van der Waals surface area contributed by atoms with E-state index in [1.165, 1.54) is 111 Å². The topological polar surface area (TPSA) is 0 Å². The summed E-state index contributed by atoms with van der Waals surface area (Å²) in [5.41, 5.74) is 20.9. The van der Waals surface area contributed by atoms with E-state index in [1.807, 2.05) is 0 Å². The van der Waals surface area contributed by atoms with Crippen molar-refractivity contribution in [2.45, 2.75) is 38.5 Å². The standard InChI is InChI=1S/C56H42/c1-55(2)49-31-37(35-15-7-5-8-16-35)23-27-41(49)43-29-25-39(33-51(43)55)53-45-19-11-13-21-47(45)54(48-22-14-12-20-46(48)53)40-26-30-44-42-28-24-38(36-17-9-6-10-18-36)32-50(42)56(3,4)52(44)34-40/h5-34H,1-4H3. The van der Waals surface area contributed by atoms with Crippen molar-refractivity contribution >= 4 is 21.5 Å². The number of rotatable bonds is 4. The highest BCUT2D eigenvalue weighted by molar-refractivity contribution is 6.21. The lowest BCUT2D eigenvalue weighted by Crippen LogP contribution is -2.15. The van der Waals surface area contributed by atoms with E-state index >= 15 is 0 Å². The molecule has 2 aliphatic carbocycles. The fourth-order valence-electron chi connectivity index (χ4n) is 10.2. The Labute approximate surface area is 329 Å². The van der Waals surface area contributed by atoms with E-state index in [9.17, 15) is 0 Å². The molecule has 0 amide bonds. The van der Waals surface area contributed by atoms with Gasteiger partial charge in [-0.1, -0.05) is 185 Å². The van der Waals surface area contributed by atoms with Gasteiger partial charge in [0.2, 0.25) is 0 Å². The number of hydrogen-bond acceptors (Lipinski definition) is 0. The Morgan fingerprint density at radius 1 is 0.250 bits per heavy atom. The molecule has 0 atom stereocenters. The maximum Gasteiger partial charge on any atom is 0.0159 e. The van der Waals surface area contributed by atoms with Crippen LogP contribution in [-0.4, -0.2) is 0 Å². The first-order chi connectivity index (χ1) is 27.3. The van der Waals surface area contributed by atoms with E-state index in [2.05, 4.69) is 210 Å². The van der Waals surface area contributed by atoms with Crippen molar-refractivity contribution in [2.24, 2.45) is 0 Å². The highest BCUT2D eigenvalue weighted by atomic mass is 14.4. The van der Waals surface area contributed by atoms with Crippen LogP contribution in [0.25, 0.3) is 88.3 Å². The SMILES string of the molecule is CC1(C)c2cc(-c3ccccc3)ccc2-c2ccc(-c3c4ccccc4c(-c4ccc5c(c4)C(C)(C)c4cc(-c6ccccc6)ccc4-5)c4ccccc34)cc21. The minimum absolute atomic E-state index is 0.131. The van der Waals surface area contributed by atoms with Crippen molar-refractivity contribution in [2.75, 3.05) is 0 Å². The fraction of sp³-hybridized carbons (Fsp3) is 0.107. The molecule has 0 unspecified atom stereocenters. The minimum Gasteiger partial charge on any atom is -0.0622 e. The molecule has 0 N–H and O–H groups in total. The molecule has 0 bridgehead atoms. The van der Waals surface area contributed by atoms with Crippen LogP contribution in [-0.2, 0) is 10.8 Å². The summed E-state index contributed by atoms with van der Waals surface area (Å²) in [7, 11) is 0. The van der Waals surface area contributed by atoms with E-state index in [0.29, 0.717) is 0 Å². The molecule has 0 heteroatoms. The van der Waals surface area contributed by atoms with Gasteiger partial charge in [0.05, 0.1) is 0 Å². The van der Waals surface area contributed by atoms with E-state index in [0.717, 1.165) is 0 Å². The lowest BCUT2D eigenvalue weighted by atomic mass is 9.79. The Morgan fingerprint density at radius 3 is 0.839 bits per heavy atom. The molecule has 0 saturated carbocycles. The van der Waals surface area contributed by atoms with Crippen molar-refractivity contribution in [1.29, 1.82) is 0 Å². The van der Waals surface area contributed by atoms with Gasteiger partial charge < -0.3 is 0 Å². The highest BCUT2D eigenvalue weighted by Gasteiger charge is 2.37. The van der Waals surface area contributed by atoms with Gasteiger partial charge in [0.15, 0.2) is 0 Å². The number of fused-ring (bicyclic) bond motifs is 8. The van der Waals surface area contributed by atoms with Crippen LogP contribution in [0.2, 0.25) is 0 Å². The second-order valence-corrected chi connectivity index (χ2v) is 16.9. The average molecular weight is 715 g/mol. The Kier molecular flexibility index (Phi) is 7.05. The monoisotopic (exact) mass is 714 g/mol. The molecule has 0 saturated heterocycles. The Balaban J connectivity index is 1.06. The van der Waals surface area contributed by atoms with Crippen LogP contribution >= 0.6 is 0 Å². The number of benzene rings is 9. The van der Waals surface area contributed by atoms with Gasteiger partial charge in [-0.05, 0) is 135 Å². The minimum atomic E-state index is -0.131. The quantitative estimate of drug-likeness (QED) is 0.159. The summed E-state index contributed by atoms with van der Waals surface area (Å²) in [6.07, 6.45) is 0. The molecule has 56 heavy (non-hydrogen) atoms. The van der Waals surface area contributed by atoms with Crippen molar-refractivity contribution in [3.63, 3.8) is 0 Å². The van der Waals surface area contributed by atoms with Gasteiger partial charge in [-0.2, -0.15) is 0 Å². The van der Waals surface area contributed by atoms with Gasteiger partial charge >= 0.3 is 0 Å². The highest BCUT2D eigenvalue weighted by Crippen LogP contribution is 2.54. The van der Waals surface area contributed by atoms with Crippen molar-refractivity contribution < 1.29 is 0 Å². The zero-order valence-electron chi connectivity index (χ0n) is 32.3. The normalized spacial score (nSPS) is 14.4. The predicted molar refractivity (Wildman–Crippen MR) is 238 cm³/mol. The third kappa shape index (κ3) is 4.72. The maximum absolute atomic E-state index is 2.49. The van der Waals surface area contributed by atoms with E-state index < -0.39 is 0 Å². The molecule has 0 heterocycles. The van der Waals surface area contributed by atoms with Gasteiger partial charge in [0.25, 0.3) is 0 Å². The summed E-state index contributed by atoms with van der Waals surface area (Å²) in [6.45, 7) is 9.58. The van der Waals surface area contributed by atoms with Crippen LogP contribution in [0, 0.1) is 0 Å². The predicted octanol–water partition coefficient (Wildman–Crippen LogP) is 15.3. The van der Waals surface area contributed by atoms with Gasteiger partial charge in [-0.15, -0.1) is 0 Å². The Morgan fingerprint density at radius 2 is 0.518 bits per heavy atom. The molecular formula is C56H42. The average Bonchev–Trinajstić information content (AvgIpc) is 3.61. The maximum atomic E-state index is 2.49. The Bertz CT molecular complexity index is 2780. The lowest BCUT2D eigenvalue weighted by molar-refractivity contribution is 0.660. The molecule has 0 radical (unpaired) electrons. The van der Waals surface area contributed by atoms with Crippen molar-refractivity contribution in [3.8, 4) is 66.8 Å². The molecule has 2 aliphatic rings. The largest absolute Gasteiger partial charge is 0.0622 e. The van der Waals surface area contributed by atoms with Crippen LogP contribution < -0.4 is 0 Å². The van der Waals surface area contributed by atoms with Gasteiger partial charge in [-0.25, -0.2) is 0 Å². The molecule has 0 aliphatic heterocycles. The van der Waals surface area contributed by atoms with Gasteiger partial charge in [0, 0.05) is 10.8 Å². The zero-order valence-corrected chi connectivity index (χ0v) is 32.3. The first kappa shape index (κ1) is 32.9. The van der Waals surface area contributed by atoms with E-state index in [-0.39, 0.29) is 10.8 Å². The van der Waals surface area contributed by atoms with Crippen LogP contribution in [0.4, 0.5) is 0 Å². The molecule has 0 aromatic heterocycles. The smallest absolute Gasteiger partial charge is 0.0159 e. The second kappa shape index (κ2) is 12.0. The first-order valence-electron chi connectivity index (χ1n) is 19.9. The molecule has 266 valence electrons. The van der Waals surface area contributed by atoms with Crippen molar-refractivity contribution in [3.05, 3.63) is 204 Å². The lowest BCUT2D eigenvalue weighted by Gasteiger charge is -2.24. The third-order valence-electron chi connectivity index (χ3n) is 13.1. The summed E-state index contributed by atoms with van der Waals surface area (Å²) in [5.74, 6) is 0. The molecular weight excluding hydrogens is 673 g/mol. The summed E-state index contributed by atoms with van der Waals surface area (Å²) >= 11 is 0. The van der Waals surface area contributed by atoms with E-state index in [1.54, 1.807) is 0 Å². The first-order valence-corrected chi connectivity index (χ1v) is 19.9. The molecule has 0 spiro atoms. The zero-order chi connectivity index (χ0) is 37.8. The summed E-state index contributed by atoms with van der Waals surface area (Å²) in [4.78, 5) is 0. The van der Waals surface area contributed by atoms with Crippen LogP contribution in [0.15, 0.2) is 182 Å². The summed E-state index contributed by atoms with van der Waals surface area (Å²) in [6, 6.07) is 68.2. The van der Waals surface area contributed by atoms with Crippen LogP contribution in [0.5, 0.6) is 0 Å². The van der Waals surface area contributed by atoms with Crippen LogP contribution in [0.1, 0.15) is 49.9 Å². The third-order valence-corrected chi connectivity index (χ3v) is 13.1. The molecule has 11 rings (SSSR count). The number of hydrogen-bond donors (Lipinski definition) is 0. The molecule has 9 aromatic rings. The Hall–Kier alpha value is -6.50. The van der Waals surface area contributed by atoms with Gasteiger partial charge in [-0.3, -0.25) is 0 Å². The van der Waals surface area contributed by atoms with Gasteiger partial charge in [0.1, 0.15) is 0 Å². The molecule has 9 aromatic carbocycles. The molecule has 0 nitrogen and oxygen atoms in total. The van der Waals surface area contributed by atoms with Crippen LogP contribution in [0.3, 0.4) is 0 Å². The molecule has 0 fully saturated rings. The van der Waals surface area contributed by atoms with E-state index in [4.69, 9.17) is 0 Å². The summed E-state index contributed by atoms with van der Waals surface area (Å²) in [5, 5.41) is 5.15. The van der Waals surface area contributed by atoms with Crippen molar-refractivity contribution in [1.82, 2.24) is 0 Å². The second-order valence-electron chi connectivity index (χ2n) is 16.9.